The zero-order valence-corrected chi connectivity index (χ0v) is 14.6. The van der Waals surface area contributed by atoms with Crippen LogP contribution in [-0.4, -0.2) is 18.6 Å². The van der Waals surface area contributed by atoms with Gasteiger partial charge in [0.25, 0.3) is 0 Å². The van der Waals surface area contributed by atoms with Crippen molar-refractivity contribution >= 4 is 9.84 Å². The van der Waals surface area contributed by atoms with Crippen molar-refractivity contribution in [2.75, 3.05) is 0 Å². The van der Waals surface area contributed by atoms with Crippen molar-refractivity contribution in [3.63, 3.8) is 0 Å². The number of aromatic nitrogens is 2. The minimum absolute atomic E-state index is 0.179. The molecule has 2 aromatic rings. The van der Waals surface area contributed by atoms with Crippen molar-refractivity contribution < 1.29 is 12.9 Å². The number of sulfone groups is 1. The largest absolute Gasteiger partial charge is 0.338 e. The number of benzene rings is 1. The molecule has 6 heteroatoms. The maximum atomic E-state index is 12.8. The Kier molecular flexibility index (Phi) is 4.04. The molecule has 0 amide bonds. The van der Waals surface area contributed by atoms with E-state index in [4.69, 9.17) is 4.52 Å². The Hall–Kier alpha value is -1.69. The van der Waals surface area contributed by atoms with Gasteiger partial charge in [0.05, 0.1) is 5.25 Å². The molecule has 23 heavy (non-hydrogen) atoms. The van der Waals surface area contributed by atoms with Gasteiger partial charge in [-0.2, -0.15) is 4.98 Å². The molecule has 0 saturated carbocycles. The van der Waals surface area contributed by atoms with E-state index < -0.39 is 15.1 Å². The van der Waals surface area contributed by atoms with Crippen molar-refractivity contribution in [2.45, 2.75) is 56.5 Å². The summed E-state index contributed by atoms with van der Waals surface area (Å²) in [5, 5.41) is 3.44. The molecule has 0 fully saturated rings. The highest BCUT2D eigenvalue weighted by molar-refractivity contribution is 7.90. The van der Waals surface area contributed by atoms with Gasteiger partial charge in [0.2, 0.25) is 5.89 Å². The van der Waals surface area contributed by atoms with Crippen molar-refractivity contribution in [3.8, 4) is 0 Å². The Morgan fingerprint density at radius 1 is 1.26 bits per heavy atom. The Bertz CT molecular complexity index is 803. The van der Waals surface area contributed by atoms with Crippen LogP contribution in [0.25, 0.3) is 0 Å². The van der Waals surface area contributed by atoms with Gasteiger partial charge >= 0.3 is 0 Å². The van der Waals surface area contributed by atoms with Gasteiger partial charge in [0.1, 0.15) is 5.75 Å². The highest BCUT2D eigenvalue weighted by atomic mass is 32.2. The van der Waals surface area contributed by atoms with Gasteiger partial charge in [0.15, 0.2) is 15.7 Å². The summed E-state index contributed by atoms with van der Waals surface area (Å²) >= 11 is 0. The molecule has 3 rings (SSSR count). The standard InChI is InChI=1S/C17H22N2O3S/c1-17(2,3)16-18-15(22-19-16)11-23(20,21)14-10-6-8-12-7-4-5-9-13(12)14/h4-5,7,9,14H,6,8,10-11H2,1-3H3. The number of hydrogen-bond donors (Lipinski definition) is 0. The van der Waals surface area contributed by atoms with Gasteiger partial charge in [-0.05, 0) is 30.4 Å². The summed E-state index contributed by atoms with van der Waals surface area (Å²) < 4.78 is 30.9. The first kappa shape index (κ1) is 16.2. The van der Waals surface area contributed by atoms with Crippen LogP contribution >= 0.6 is 0 Å². The van der Waals surface area contributed by atoms with E-state index in [0.717, 1.165) is 24.0 Å². The predicted octanol–water partition coefficient (Wildman–Crippen LogP) is 3.36. The van der Waals surface area contributed by atoms with Crippen molar-refractivity contribution in [1.82, 2.24) is 10.1 Å². The Labute approximate surface area is 137 Å². The van der Waals surface area contributed by atoms with Crippen LogP contribution in [0.4, 0.5) is 0 Å². The number of rotatable bonds is 3. The Balaban J connectivity index is 1.87. The molecule has 1 aromatic heterocycles. The van der Waals surface area contributed by atoms with Crippen molar-refractivity contribution in [1.29, 1.82) is 0 Å². The monoisotopic (exact) mass is 334 g/mol. The predicted molar refractivity (Wildman–Crippen MR) is 87.7 cm³/mol. The second-order valence-corrected chi connectivity index (χ2v) is 9.33. The van der Waals surface area contributed by atoms with Gasteiger partial charge in [0, 0.05) is 5.41 Å². The second kappa shape index (κ2) is 5.74. The molecule has 1 heterocycles. The minimum atomic E-state index is -3.38. The zero-order valence-electron chi connectivity index (χ0n) is 13.7. The Morgan fingerprint density at radius 2 is 2.00 bits per heavy atom. The third-order valence-electron chi connectivity index (χ3n) is 4.21. The van der Waals surface area contributed by atoms with E-state index in [2.05, 4.69) is 10.1 Å². The molecule has 5 nitrogen and oxygen atoms in total. The van der Waals surface area contributed by atoms with Crippen LogP contribution in [0.15, 0.2) is 28.8 Å². The van der Waals surface area contributed by atoms with Crippen molar-refractivity contribution in [2.24, 2.45) is 0 Å². The molecule has 0 radical (unpaired) electrons. The fourth-order valence-corrected chi connectivity index (χ4v) is 4.78. The van der Waals surface area contributed by atoms with Crippen LogP contribution in [0.3, 0.4) is 0 Å². The van der Waals surface area contributed by atoms with E-state index in [1.54, 1.807) is 0 Å². The summed E-state index contributed by atoms with van der Waals surface area (Å²) in [4.78, 5) is 4.26. The third kappa shape index (κ3) is 3.32. The second-order valence-electron chi connectivity index (χ2n) is 7.15. The molecule has 1 aliphatic rings. The molecule has 0 N–H and O–H groups in total. The van der Waals surface area contributed by atoms with Gasteiger partial charge in [-0.1, -0.05) is 50.2 Å². The highest BCUT2D eigenvalue weighted by Gasteiger charge is 2.33. The first-order valence-electron chi connectivity index (χ1n) is 7.90. The summed E-state index contributed by atoms with van der Waals surface area (Å²) in [5.41, 5.74) is 1.80. The molecule has 1 aliphatic carbocycles. The quantitative estimate of drug-likeness (QED) is 0.860. The van der Waals surface area contributed by atoms with Crippen molar-refractivity contribution in [3.05, 3.63) is 47.1 Å². The lowest BCUT2D eigenvalue weighted by molar-refractivity contribution is 0.370. The van der Waals surface area contributed by atoms with E-state index in [0.29, 0.717) is 12.2 Å². The fourth-order valence-electron chi connectivity index (χ4n) is 2.97. The molecule has 0 bridgehead atoms. The SMILES string of the molecule is CC(C)(C)c1noc(CS(=O)(=O)C2CCCc3ccccc32)n1. The zero-order chi connectivity index (χ0) is 16.7. The van der Waals surface area contributed by atoms with E-state index >= 15 is 0 Å². The van der Waals surface area contributed by atoms with Crippen LogP contribution in [0.2, 0.25) is 0 Å². The maximum absolute atomic E-state index is 12.8. The molecule has 124 valence electrons. The molecule has 0 spiro atoms. The number of fused-ring (bicyclic) bond motifs is 1. The van der Waals surface area contributed by atoms with Crippen LogP contribution in [0, 0.1) is 0 Å². The molecule has 1 aromatic carbocycles. The van der Waals surface area contributed by atoms with Crippen LogP contribution in [0.5, 0.6) is 0 Å². The topological polar surface area (TPSA) is 73.1 Å². The molecule has 1 unspecified atom stereocenters. The first-order chi connectivity index (χ1) is 10.8. The van der Waals surface area contributed by atoms with Gasteiger partial charge in [-0.25, -0.2) is 8.42 Å². The minimum Gasteiger partial charge on any atom is -0.338 e. The van der Waals surface area contributed by atoms with E-state index in [1.165, 1.54) is 0 Å². The lowest BCUT2D eigenvalue weighted by atomic mass is 9.91. The van der Waals surface area contributed by atoms with Gasteiger partial charge < -0.3 is 4.52 Å². The van der Waals surface area contributed by atoms with E-state index in [1.807, 2.05) is 45.0 Å². The Morgan fingerprint density at radius 3 is 2.70 bits per heavy atom. The average Bonchev–Trinajstić information content (AvgIpc) is 2.94. The van der Waals surface area contributed by atoms with Gasteiger partial charge in [-0.3, -0.25) is 0 Å². The van der Waals surface area contributed by atoms with Crippen LogP contribution in [0.1, 0.15) is 61.7 Å². The first-order valence-corrected chi connectivity index (χ1v) is 9.61. The maximum Gasteiger partial charge on any atom is 0.241 e. The molecule has 1 atom stereocenters. The number of aryl methyl sites for hydroxylation is 1. The average molecular weight is 334 g/mol. The molecule has 0 aliphatic heterocycles. The lowest BCUT2D eigenvalue weighted by Gasteiger charge is -2.24. The van der Waals surface area contributed by atoms with Crippen LogP contribution in [-0.2, 0) is 27.4 Å². The third-order valence-corrected chi connectivity index (χ3v) is 6.22. The molecule has 0 saturated heterocycles. The lowest BCUT2D eigenvalue weighted by Crippen LogP contribution is -2.20. The molecular formula is C17H22N2O3S. The smallest absolute Gasteiger partial charge is 0.241 e. The fraction of sp³-hybridized carbons (Fsp3) is 0.529. The summed E-state index contributed by atoms with van der Waals surface area (Å²) in [6, 6.07) is 7.80. The summed E-state index contributed by atoms with van der Waals surface area (Å²) in [6.07, 6.45) is 2.48. The summed E-state index contributed by atoms with van der Waals surface area (Å²) in [7, 11) is -3.38. The van der Waals surface area contributed by atoms with Gasteiger partial charge in [-0.15, -0.1) is 0 Å². The van der Waals surface area contributed by atoms with E-state index in [-0.39, 0.29) is 17.1 Å². The normalized spacial score (nSPS) is 18.7. The highest BCUT2D eigenvalue weighted by Crippen LogP contribution is 2.37. The summed E-state index contributed by atoms with van der Waals surface area (Å²) in [5.74, 6) is 0.513. The van der Waals surface area contributed by atoms with E-state index in [9.17, 15) is 8.42 Å². The number of nitrogens with zero attached hydrogens (tertiary/aromatic N) is 2. The van der Waals surface area contributed by atoms with Crippen LogP contribution < -0.4 is 0 Å². The molecular weight excluding hydrogens is 312 g/mol. The summed E-state index contributed by atoms with van der Waals surface area (Å²) in [6.45, 7) is 5.90. The number of hydrogen-bond acceptors (Lipinski definition) is 5.